The van der Waals surface area contributed by atoms with Crippen LogP contribution in [0.4, 0.5) is 5.69 Å². The number of sulfonamides is 1. The van der Waals surface area contributed by atoms with Crippen molar-refractivity contribution >= 4 is 21.6 Å². The summed E-state index contributed by atoms with van der Waals surface area (Å²) in [6.07, 6.45) is 2.58. The number of methoxy groups -OCH3 is 1. The number of benzene rings is 2. The van der Waals surface area contributed by atoms with Gasteiger partial charge in [-0.2, -0.15) is 0 Å². The summed E-state index contributed by atoms with van der Waals surface area (Å²) in [5.41, 5.74) is 1.73. The summed E-state index contributed by atoms with van der Waals surface area (Å²) in [7, 11) is -2.15. The number of ether oxygens (including phenoxy) is 2. The third-order valence-corrected chi connectivity index (χ3v) is 6.95. The largest absolute Gasteiger partial charge is 0.493 e. The lowest BCUT2D eigenvalue weighted by Crippen LogP contribution is -2.36. The smallest absolute Gasteiger partial charge is 0.240 e. The van der Waals surface area contributed by atoms with Crippen molar-refractivity contribution in [1.82, 2.24) is 4.72 Å². The van der Waals surface area contributed by atoms with E-state index in [1.54, 1.807) is 49.3 Å². The molecule has 2 aromatic carbocycles. The number of rotatable bonds is 8. The van der Waals surface area contributed by atoms with E-state index in [2.05, 4.69) is 4.72 Å². The van der Waals surface area contributed by atoms with Gasteiger partial charge in [-0.3, -0.25) is 4.79 Å². The Kier molecular flexibility index (Phi) is 5.71. The predicted molar refractivity (Wildman–Crippen MR) is 113 cm³/mol. The molecular formula is C22H26N2O5S. The third-order valence-electron chi connectivity index (χ3n) is 5.36. The average molecular weight is 431 g/mol. The molecule has 1 atom stereocenters. The molecule has 0 aromatic heterocycles. The molecule has 1 saturated carbocycles. The molecule has 1 fully saturated rings. The maximum absolute atomic E-state index is 12.8. The maximum Gasteiger partial charge on any atom is 0.240 e. The Hall–Kier alpha value is -2.58. The highest BCUT2D eigenvalue weighted by molar-refractivity contribution is 7.89. The van der Waals surface area contributed by atoms with Crippen LogP contribution in [0.25, 0.3) is 0 Å². The Balaban J connectivity index is 1.41. The zero-order valence-electron chi connectivity index (χ0n) is 17.1. The van der Waals surface area contributed by atoms with E-state index in [0.29, 0.717) is 24.5 Å². The van der Waals surface area contributed by atoms with Crippen molar-refractivity contribution in [2.24, 2.45) is 5.92 Å². The molecule has 2 aliphatic rings. The second kappa shape index (κ2) is 8.28. The van der Waals surface area contributed by atoms with Crippen LogP contribution in [0.5, 0.6) is 11.5 Å². The SMILES string of the molecule is COc1ccccc1OCC(C)NS(=O)(=O)c1ccc2c(c1)CCN2C(=O)C1CC1. The number of carbonyl (C=O) groups excluding carboxylic acids is 1. The molecule has 1 heterocycles. The van der Waals surface area contributed by atoms with Crippen molar-refractivity contribution in [3.05, 3.63) is 48.0 Å². The van der Waals surface area contributed by atoms with E-state index in [1.165, 1.54) is 0 Å². The van der Waals surface area contributed by atoms with Gasteiger partial charge < -0.3 is 14.4 Å². The summed E-state index contributed by atoms with van der Waals surface area (Å²) in [5.74, 6) is 1.45. The number of carbonyl (C=O) groups is 1. The molecule has 2 aromatic rings. The fraction of sp³-hybridized carbons (Fsp3) is 0.409. The van der Waals surface area contributed by atoms with Gasteiger partial charge in [-0.1, -0.05) is 12.1 Å². The number of anilines is 1. The summed E-state index contributed by atoms with van der Waals surface area (Å²) >= 11 is 0. The molecule has 160 valence electrons. The van der Waals surface area contributed by atoms with Crippen molar-refractivity contribution in [3.8, 4) is 11.5 Å². The van der Waals surface area contributed by atoms with Crippen LogP contribution in [0.1, 0.15) is 25.3 Å². The van der Waals surface area contributed by atoms with Gasteiger partial charge in [0.2, 0.25) is 15.9 Å². The van der Waals surface area contributed by atoms with E-state index in [0.717, 1.165) is 24.1 Å². The molecule has 8 heteroatoms. The van der Waals surface area contributed by atoms with E-state index in [4.69, 9.17) is 9.47 Å². The normalized spacial score (nSPS) is 16.8. The number of hydrogen-bond donors (Lipinski definition) is 1. The fourth-order valence-corrected chi connectivity index (χ4v) is 4.92. The summed E-state index contributed by atoms with van der Waals surface area (Å²) in [6.45, 7) is 2.52. The first-order valence-corrected chi connectivity index (χ1v) is 11.6. The lowest BCUT2D eigenvalue weighted by molar-refractivity contribution is -0.119. The van der Waals surface area contributed by atoms with Gasteiger partial charge in [0, 0.05) is 18.2 Å². The summed E-state index contributed by atoms with van der Waals surface area (Å²) in [6, 6.07) is 11.8. The predicted octanol–water partition coefficient (Wildman–Crippen LogP) is 2.74. The lowest BCUT2D eigenvalue weighted by atomic mass is 10.2. The summed E-state index contributed by atoms with van der Waals surface area (Å²) < 4.78 is 39.3. The van der Waals surface area contributed by atoms with Gasteiger partial charge in [0.05, 0.1) is 18.0 Å². The molecule has 1 aliphatic heterocycles. The average Bonchev–Trinajstić information content (AvgIpc) is 3.50. The molecule has 1 unspecified atom stereocenters. The standard InChI is InChI=1S/C22H26N2O5S/c1-15(14-29-21-6-4-3-5-20(21)28-2)23-30(26,27)18-9-10-19-17(13-18)11-12-24(19)22(25)16-7-8-16/h3-6,9-10,13,15-16,23H,7-8,11-12,14H2,1-2H3. The van der Waals surface area contributed by atoms with Crippen LogP contribution in [0.2, 0.25) is 0 Å². The fourth-order valence-electron chi connectivity index (χ4n) is 3.64. The topological polar surface area (TPSA) is 84.9 Å². The van der Waals surface area contributed by atoms with Crippen molar-refractivity contribution in [3.63, 3.8) is 0 Å². The molecular weight excluding hydrogens is 404 g/mol. The van der Waals surface area contributed by atoms with Gasteiger partial charge in [0.1, 0.15) is 6.61 Å². The van der Waals surface area contributed by atoms with Gasteiger partial charge in [-0.25, -0.2) is 13.1 Å². The van der Waals surface area contributed by atoms with Gasteiger partial charge >= 0.3 is 0 Å². The van der Waals surface area contributed by atoms with Gasteiger partial charge in [-0.05, 0) is 62.1 Å². The Labute approximate surface area is 177 Å². The highest BCUT2D eigenvalue weighted by atomic mass is 32.2. The number of nitrogens with zero attached hydrogens (tertiary/aromatic N) is 1. The van der Waals surface area contributed by atoms with Crippen LogP contribution >= 0.6 is 0 Å². The molecule has 1 N–H and O–H groups in total. The molecule has 1 amide bonds. The zero-order valence-corrected chi connectivity index (χ0v) is 17.9. The number of para-hydroxylation sites is 2. The van der Waals surface area contributed by atoms with Gasteiger partial charge in [0.15, 0.2) is 11.5 Å². The molecule has 1 aliphatic carbocycles. The Morgan fingerprint density at radius 2 is 1.93 bits per heavy atom. The van der Waals surface area contributed by atoms with Gasteiger partial charge in [-0.15, -0.1) is 0 Å². The molecule has 4 rings (SSSR count). The van der Waals surface area contributed by atoms with E-state index in [-0.39, 0.29) is 23.3 Å². The van der Waals surface area contributed by atoms with Crippen molar-refractivity contribution < 1.29 is 22.7 Å². The van der Waals surface area contributed by atoms with Crippen LogP contribution in [0.15, 0.2) is 47.4 Å². The number of amides is 1. The van der Waals surface area contributed by atoms with E-state index in [1.807, 2.05) is 12.1 Å². The lowest BCUT2D eigenvalue weighted by Gasteiger charge is -2.18. The summed E-state index contributed by atoms with van der Waals surface area (Å²) in [4.78, 5) is 14.4. The summed E-state index contributed by atoms with van der Waals surface area (Å²) in [5, 5.41) is 0. The van der Waals surface area contributed by atoms with E-state index < -0.39 is 16.1 Å². The highest BCUT2D eigenvalue weighted by Crippen LogP contribution is 2.37. The van der Waals surface area contributed by atoms with Crippen LogP contribution in [-0.4, -0.2) is 40.6 Å². The third kappa shape index (κ3) is 4.29. The Morgan fingerprint density at radius 3 is 2.63 bits per heavy atom. The second-order valence-corrected chi connectivity index (χ2v) is 9.50. The Bertz CT molecular complexity index is 1050. The van der Waals surface area contributed by atoms with Crippen LogP contribution in [-0.2, 0) is 21.2 Å². The molecule has 0 bridgehead atoms. The molecule has 0 spiro atoms. The number of nitrogens with one attached hydrogen (secondary N) is 1. The molecule has 30 heavy (non-hydrogen) atoms. The highest BCUT2D eigenvalue weighted by Gasteiger charge is 2.36. The second-order valence-electron chi connectivity index (χ2n) is 7.79. The zero-order chi connectivity index (χ0) is 21.3. The first-order valence-electron chi connectivity index (χ1n) is 10.1. The Morgan fingerprint density at radius 1 is 1.20 bits per heavy atom. The van der Waals surface area contributed by atoms with Crippen LogP contribution in [0, 0.1) is 5.92 Å². The van der Waals surface area contributed by atoms with E-state index in [9.17, 15) is 13.2 Å². The maximum atomic E-state index is 12.8. The van der Waals surface area contributed by atoms with Crippen molar-refractivity contribution in [1.29, 1.82) is 0 Å². The van der Waals surface area contributed by atoms with Gasteiger partial charge in [0.25, 0.3) is 0 Å². The van der Waals surface area contributed by atoms with Crippen LogP contribution < -0.4 is 19.1 Å². The number of hydrogen-bond acceptors (Lipinski definition) is 5. The molecule has 7 nitrogen and oxygen atoms in total. The van der Waals surface area contributed by atoms with Crippen LogP contribution in [0.3, 0.4) is 0 Å². The first-order chi connectivity index (χ1) is 14.4. The first kappa shape index (κ1) is 20.7. The minimum Gasteiger partial charge on any atom is -0.493 e. The number of fused-ring (bicyclic) bond motifs is 1. The minimum atomic E-state index is -3.71. The minimum absolute atomic E-state index is 0.144. The van der Waals surface area contributed by atoms with E-state index >= 15 is 0 Å². The molecule has 0 saturated heterocycles. The quantitative estimate of drug-likeness (QED) is 0.696. The van der Waals surface area contributed by atoms with Crippen molar-refractivity contribution in [2.45, 2.75) is 37.1 Å². The van der Waals surface area contributed by atoms with Crippen molar-refractivity contribution in [2.75, 3.05) is 25.2 Å². The monoisotopic (exact) mass is 430 g/mol. The molecule has 0 radical (unpaired) electrons.